The molecular weight excluding hydrogens is 344 g/mol. The molecule has 2 aromatic rings. The zero-order valence-electron chi connectivity index (χ0n) is 15.3. The van der Waals surface area contributed by atoms with Gasteiger partial charge in [-0.3, -0.25) is 14.2 Å². The van der Waals surface area contributed by atoms with E-state index in [0.29, 0.717) is 30.3 Å². The lowest BCUT2D eigenvalue weighted by Gasteiger charge is -2.32. The van der Waals surface area contributed by atoms with Gasteiger partial charge in [-0.15, -0.1) is 0 Å². The molecule has 140 valence electrons. The molecule has 2 aromatic heterocycles. The van der Waals surface area contributed by atoms with Crippen molar-refractivity contribution in [1.82, 2.24) is 14.8 Å². The van der Waals surface area contributed by atoms with Crippen molar-refractivity contribution in [1.29, 1.82) is 5.26 Å². The molecule has 0 spiro atoms. The fourth-order valence-corrected chi connectivity index (χ4v) is 3.59. The van der Waals surface area contributed by atoms with E-state index in [2.05, 4.69) is 11.4 Å². The van der Waals surface area contributed by atoms with E-state index >= 15 is 0 Å². The van der Waals surface area contributed by atoms with E-state index in [9.17, 15) is 14.9 Å². The molecule has 2 amide bonds. The van der Waals surface area contributed by atoms with Crippen molar-refractivity contribution in [2.45, 2.75) is 38.6 Å². The van der Waals surface area contributed by atoms with Crippen molar-refractivity contribution in [3.63, 3.8) is 0 Å². The Labute approximate surface area is 157 Å². The summed E-state index contributed by atoms with van der Waals surface area (Å²) in [6, 6.07) is 5.92. The zero-order valence-corrected chi connectivity index (χ0v) is 15.3. The summed E-state index contributed by atoms with van der Waals surface area (Å²) in [6.07, 6.45) is 7.00. The van der Waals surface area contributed by atoms with Gasteiger partial charge in [0.25, 0.3) is 5.91 Å². The van der Waals surface area contributed by atoms with Crippen molar-refractivity contribution in [2.24, 2.45) is 5.92 Å². The van der Waals surface area contributed by atoms with Crippen LogP contribution in [-0.4, -0.2) is 40.4 Å². The number of aromatic nitrogens is 1. The summed E-state index contributed by atoms with van der Waals surface area (Å²) >= 11 is 0. The van der Waals surface area contributed by atoms with Crippen LogP contribution >= 0.6 is 0 Å². The average Bonchev–Trinajstić information content (AvgIpc) is 3.28. The highest BCUT2D eigenvalue weighted by Gasteiger charge is 2.34. The van der Waals surface area contributed by atoms with Gasteiger partial charge in [-0.25, -0.2) is 0 Å². The Morgan fingerprint density at radius 1 is 1.19 bits per heavy atom. The molecule has 1 N–H and O–H groups in total. The van der Waals surface area contributed by atoms with Crippen LogP contribution in [0.2, 0.25) is 0 Å². The van der Waals surface area contributed by atoms with Gasteiger partial charge in [0.1, 0.15) is 23.0 Å². The summed E-state index contributed by atoms with van der Waals surface area (Å²) in [5.41, 5.74) is 0.597. The molecule has 1 aliphatic carbocycles. The van der Waals surface area contributed by atoms with Crippen molar-refractivity contribution in [2.75, 3.05) is 13.1 Å². The van der Waals surface area contributed by atoms with Crippen molar-refractivity contribution < 1.29 is 14.0 Å². The number of furan rings is 1. The Morgan fingerprint density at radius 3 is 2.44 bits per heavy atom. The highest BCUT2D eigenvalue weighted by molar-refractivity contribution is 5.98. The second-order valence-electron chi connectivity index (χ2n) is 7.26. The fraction of sp³-hybridized carbons (Fsp3) is 0.450. The number of carbonyl (C=O) groups is 2. The lowest BCUT2D eigenvalue weighted by atomic mass is 10.0. The van der Waals surface area contributed by atoms with Crippen LogP contribution in [0.1, 0.15) is 47.4 Å². The molecule has 1 aliphatic heterocycles. The first-order chi connectivity index (χ1) is 13.1. The SMILES string of the molecule is Cc1oc(-n2cccc2)c(C#N)c1C(=O)N1CCC(NC(=O)C2CC2)CC1. The highest BCUT2D eigenvalue weighted by Crippen LogP contribution is 2.30. The third-order valence-corrected chi connectivity index (χ3v) is 5.31. The number of nitrogens with one attached hydrogen (secondary N) is 1. The third-order valence-electron chi connectivity index (χ3n) is 5.31. The van der Waals surface area contributed by atoms with E-state index in [1.165, 1.54) is 0 Å². The monoisotopic (exact) mass is 366 g/mol. The van der Waals surface area contributed by atoms with Gasteiger partial charge in [0.2, 0.25) is 11.8 Å². The summed E-state index contributed by atoms with van der Waals surface area (Å²) in [5.74, 6) is 0.981. The van der Waals surface area contributed by atoms with Gasteiger partial charge in [0, 0.05) is 37.4 Å². The molecule has 0 bridgehead atoms. The molecule has 4 rings (SSSR count). The van der Waals surface area contributed by atoms with Crippen molar-refractivity contribution >= 4 is 11.8 Å². The molecule has 0 aromatic carbocycles. The molecule has 0 unspecified atom stereocenters. The van der Waals surface area contributed by atoms with E-state index in [1.807, 2.05) is 12.1 Å². The summed E-state index contributed by atoms with van der Waals surface area (Å²) in [4.78, 5) is 26.7. The predicted octanol–water partition coefficient (Wildman–Crippen LogP) is 2.38. The second-order valence-corrected chi connectivity index (χ2v) is 7.26. The van der Waals surface area contributed by atoms with Gasteiger partial charge in [-0.05, 0) is 44.7 Å². The number of piperidine rings is 1. The maximum Gasteiger partial charge on any atom is 0.258 e. The van der Waals surface area contributed by atoms with E-state index in [4.69, 9.17) is 4.42 Å². The van der Waals surface area contributed by atoms with Crippen molar-refractivity contribution in [3.05, 3.63) is 41.4 Å². The maximum atomic E-state index is 13.0. The number of aryl methyl sites for hydroxylation is 1. The van der Waals surface area contributed by atoms with Crippen molar-refractivity contribution in [3.8, 4) is 12.0 Å². The largest absolute Gasteiger partial charge is 0.443 e. The van der Waals surface area contributed by atoms with Crippen LogP contribution in [0.3, 0.4) is 0 Å². The number of hydrogen-bond donors (Lipinski definition) is 1. The Bertz CT molecular complexity index is 895. The number of likely N-dealkylation sites (tertiary alicyclic amines) is 1. The second kappa shape index (κ2) is 6.95. The molecule has 0 atom stereocenters. The van der Waals surface area contributed by atoms with Gasteiger partial charge >= 0.3 is 0 Å². The van der Waals surface area contributed by atoms with Gasteiger partial charge in [-0.1, -0.05) is 0 Å². The standard InChI is InChI=1S/C20H22N4O3/c1-13-17(16(12-21)20(27-13)24-8-2-3-9-24)19(26)23-10-6-15(7-11-23)22-18(25)14-4-5-14/h2-3,8-9,14-15H,4-7,10-11H2,1H3,(H,22,25). The summed E-state index contributed by atoms with van der Waals surface area (Å²) in [7, 11) is 0. The molecule has 7 heteroatoms. The summed E-state index contributed by atoms with van der Waals surface area (Å²) in [5, 5.41) is 12.7. The maximum absolute atomic E-state index is 13.0. The minimum Gasteiger partial charge on any atom is -0.443 e. The molecule has 27 heavy (non-hydrogen) atoms. The fourth-order valence-electron chi connectivity index (χ4n) is 3.59. The van der Waals surface area contributed by atoms with E-state index in [-0.39, 0.29) is 29.3 Å². The Morgan fingerprint density at radius 2 is 1.85 bits per heavy atom. The molecule has 0 radical (unpaired) electrons. The number of nitrogens with zero attached hydrogens (tertiary/aromatic N) is 3. The Kier molecular flexibility index (Phi) is 4.48. The molecule has 7 nitrogen and oxygen atoms in total. The lowest BCUT2D eigenvalue weighted by Crippen LogP contribution is -2.47. The molecule has 2 aliphatic rings. The summed E-state index contributed by atoms with van der Waals surface area (Å²) < 4.78 is 7.43. The van der Waals surface area contributed by atoms with Gasteiger partial charge < -0.3 is 14.6 Å². The number of amides is 2. The highest BCUT2D eigenvalue weighted by atomic mass is 16.4. The molecular formula is C20H22N4O3. The molecule has 2 fully saturated rings. The molecule has 1 saturated heterocycles. The van der Waals surface area contributed by atoms with Crippen LogP contribution in [0.5, 0.6) is 0 Å². The quantitative estimate of drug-likeness (QED) is 0.899. The number of nitriles is 1. The minimum absolute atomic E-state index is 0.124. The van der Waals surface area contributed by atoms with Crippen LogP contribution in [-0.2, 0) is 4.79 Å². The van der Waals surface area contributed by atoms with E-state index < -0.39 is 0 Å². The third kappa shape index (κ3) is 3.35. The van der Waals surface area contributed by atoms with Gasteiger partial charge in [0.15, 0.2) is 0 Å². The van der Waals surface area contributed by atoms with Crippen LogP contribution in [0.4, 0.5) is 0 Å². The predicted molar refractivity (Wildman–Crippen MR) is 97.3 cm³/mol. The number of hydrogen-bond acceptors (Lipinski definition) is 4. The Balaban J connectivity index is 1.47. The lowest BCUT2D eigenvalue weighted by molar-refractivity contribution is -0.123. The first kappa shape index (κ1) is 17.4. The molecule has 3 heterocycles. The van der Waals surface area contributed by atoms with Gasteiger partial charge in [0.05, 0.1) is 0 Å². The van der Waals surface area contributed by atoms with E-state index in [0.717, 1.165) is 25.7 Å². The van der Waals surface area contributed by atoms with Crippen LogP contribution in [0, 0.1) is 24.2 Å². The minimum atomic E-state index is -0.182. The number of rotatable bonds is 4. The van der Waals surface area contributed by atoms with Crippen LogP contribution in [0.15, 0.2) is 28.9 Å². The van der Waals surface area contributed by atoms with E-state index in [1.54, 1.807) is 28.8 Å². The van der Waals surface area contributed by atoms with Crippen LogP contribution in [0.25, 0.3) is 5.88 Å². The zero-order chi connectivity index (χ0) is 19.0. The normalized spacial score (nSPS) is 17.6. The van der Waals surface area contributed by atoms with Crippen LogP contribution < -0.4 is 5.32 Å². The number of carbonyl (C=O) groups excluding carboxylic acids is 2. The first-order valence-electron chi connectivity index (χ1n) is 9.35. The van der Waals surface area contributed by atoms with Gasteiger partial charge in [-0.2, -0.15) is 5.26 Å². The first-order valence-corrected chi connectivity index (χ1v) is 9.35. The Hall–Kier alpha value is -3.01. The summed E-state index contributed by atoms with van der Waals surface area (Å²) in [6.45, 7) is 2.83. The smallest absolute Gasteiger partial charge is 0.258 e. The average molecular weight is 366 g/mol. The topological polar surface area (TPSA) is 91.3 Å². The molecule has 1 saturated carbocycles.